The Bertz CT molecular complexity index is 300. The second-order valence-corrected chi connectivity index (χ2v) is 5.19. The number of nitrogens with two attached hydrogens (primary N) is 1. The Morgan fingerprint density at radius 2 is 2.13 bits per heavy atom. The van der Waals surface area contributed by atoms with Gasteiger partial charge in [-0.1, -0.05) is 27.7 Å². The highest BCUT2D eigenvalue weighted by atomic mass is 15.1. The van der Waals surface area contributed by atoms with Crippen molar-refractivity contribution in [3.63, 3.8) is 0 Å². The van der Waals surface area contributed by atoms with Crippen molar-refractivity contribution >= 4 is 0 Å². The molecule has 1 rings (SSSR count). The van der Waals surface area contributed by atoms with Gasteiger partial charge in [0.25, 0.3) is 0 Å². The highest BCUT2D eigenvalue weighted by Gasteiger charge is 2.23. The average Bonchev–Trinajstić information content (AvgIpc) is 2.52. The fraction of sp³-hybridized carbons (Fsp3) is 0.750. The summed E-state index contributed by atoms with van der Waals surface area (Å²) in [5.41, 5.74) is 7.11. The first kappa shape index (κ1) is 12.2. The van der Waals surface area contributed by atoms with Crippen LogP contribution in [0.3, 0.4) is 0 Å². The molecule has 2 N–H and O–H groups in total. The summed E-state index contributed by atoms with van der Waals surface area (Å²) in [5, 5.41) is 0. The predicted molar refractivity (Wildman–Crippen MR) is 63.6 cm³/mol. The van der Waals surface area contributed by atoms with Gasteiger partial charge >= 0.3 is 0 Å². The maximum Gasteiger partial charge on any atom is 0.0948 e. The number of aromatic nitrogens is 2. The Labute approximate surface area is 92.7 Å². The van der Waals surface area contributed by atoms with Crippen LogP contribution in [0, 0.1) is 11.3 Å². The maximum atomic E-state index is 5.57. The van der Waals surface area contributed by atoms with Crippen molar-refractivity contribution < 1.29 is 0 Å². The van der Waals surface area contributed by atoms with Crippen molar-refractivity contribution in [2.24, 2.45) is 17.1 Å². The molecule has 3 nitrogen and oxygen atoms in total. The number of nitrogens with zero attached hydrogens (tertiary/aromatic N) is 2. The largest absolute Gasteiger partial charge is 0.334 e. The minimum Gasteiger partial charge on any atom is -0.334 e. The van der Waals surface area contributed by atoms with Crippen molar-refractivity contribution in [2.75, 3.05) is 6.54 Å². The lowest BCUT2D eigenvalue weighted by molar-refractivity contribution is 0.208. The highest BCUT2D eigenvalue weighted by molar-refractivity contribution is 4.99. The van der Waals surface area contributed by atoms with E-state index in [4.69, 9.17) is 5.73 Å². The molecule has 0 bridgehead atoms. The summed E-state index contributed by atoms with van der Waals surface area (Å²) in [6.07, 6.45) is 4.74. The lowest BCUT2D eigenvalue weighted by atomic mass is 9.81. The summed E-state index contributed by atoms with van der Waals surface area (Å²) in [7, 11) is 0. The van der Waals surface area contributed by atoms with E-state index >= 15 is 0 Å². The van der Waals surface area contributed by atoms with Crippen LogP contribution in [0.2, 0.25) is 0 Å². The number of hydrogen-bond donors (Lipinski definition) is 1. The van der Waals surface area contributed by atoms with Gasteiger partial charge in [-0.2, -0.15) is 0 Å². The molecule has 0 aliphatic rings. The van der Waals surface area contributed by atoms with Crippen LogP contribution in [0.1, 0.15) is 33.4 Å². The Morgan fingerprint density at radius 1 is 1.47 bits per heavy atom. The second kappa shape index (κ2) is 4.79. The first-order valence-electron chi connectivity index (χ1n) is 5.66. The Hall–Kier alpha value is -0.830. The van der Waals surface area contributed by atoms with Crippen LogP contribution < -0.4 is 5.73 Å². The summed E-state index contributed by atoms with van der Waals surface area (Å²) in [6, 6.07) is 0. The normalized spacial score (nSPS) is 12.4. The predicted octanol–water partition coefficient (Wildman–Crippen LogP) is 2.07. The van der Waals surface area contributed by atoms with Crippen LogP contribution in [-0.2, 0) is 13.0 Å². The third kappa shape index (κ3) is 3.06. The van der Waals surface area contributed by atoms with Gasteiger partial charge in [-0.25, -0.2) is 4.98 Å². The van der Waals surface area contributed by atoms with Gasteiger partial charge in [-0.3, -0.25) is 0 Å². The Morgan fingerprint density at radius 3 is 2.67 bits per heavy atom. The zero-order valence-corrected chi connectivity index (χ0v) is 10.3. The monoisotopic (exact) mass is 209 g/mol. The summed E-state index contributed by atoms with van der Waals surface area (Å²) >= 11 is 0. The van der Waals surface area contributed by atoms with Gasteiger partial charge in [0, 0.05) is 24.9 Å². The van der Waals surface area contributed by atoms with Gasteiger partial charge in [-0.15, -0.1) is 0 Å². The van der Waals surface area contributed by atoms with E-state index in [0.717, 1.165) is 13.0 Å². The molecule has 0 aliphatic heterocycles. The van der Waals surface area contributed by atoms with Crippen LogP contribution in [0.25, 0.3) is 0 Å². The number of rotatable bonds is 5. The molecule has 15 heavy (non-hydrogen) atoms. The fourth-order valence-corrected chi connectivity index (χ4v) is 1.47. The average molecular weight is 209 g/mol. The third-order valence-electron chi connectivity index (χ3n) is 3.34. The van der Waals surface area contributed by atoms with Crippen LogP contribution >= 0.6 is 0 Å². The molecule has 0 fully saturated rings. The van der Waals surface area contributed by atoms with Crippen LogP contribution in [0.5, 0.6) is 0 Å². The second-order valence-electron chi connectivity index (χ2n) is 5.19. The Balaban J connectivity index is 2.75. The van der Waals surface area contributed by atoms with Gasteiger partial charge in [0.1, 0.15) is 0 Å². The first-order valence-corrected chi connectivity index (χ1v) is 5.66. The maximum absolute atomic E-state index is 5.57. The van der Waals surface area contributed by atoms with E-state index in [1.54, 1.807) is 0 Å². The molecule has 0 amide bonds. The number of imidazole rings is 1. The standard InChI is InChI=1S/C12H23N3/c1-10(2)12(3,4)8-15-9-14-7-11(15)5-6-13/h7,9-10H,5-6,8,13H2,1-4H3. The molecule has 1 heterocycles. The van der Waals surface area contributed by atoms with Gasteiger partial charge in [0.05, 0.1) is 6.33 Å². The molecule has 1 aromatic rings. The molecule has 0 saturated heterocycles. The van der Waals surface area contributed by atoms with E-state index in [0.29, 0.717) is 17.9 Å². The first-order chi connectivity index (χ1) is 6.97. The van der Waals surface area contributed by atoms with Gasteiger partial charge in [0.2, 0.25) is 0 Å². The lowest BCUT2D eigenvalue weighted by Crippen LogP contribution is -2.26. The summed E-state index contributed by atoms with van der Waals surface area (Å²) < 4.78 is 2.23. The molecule has 3 heteroatoms. The van der Waals surface area contributed by atoms with Crippen LogP contribution in [0.4, 0.5) is 0 Å². The molecule has 0 aliphatic carbocycles. The van der Waals surface area contributed by atoms with E-state index < -0.39 is 0 Å². The molecular weight excluding hydrogens is 186 g/mol. The number of hydrogen-bond acceptors (Lipinski definition) is 2. The van der Waals surface area contributed by atoms with E-state index in [9.17, 15) is 0 Å². The zero-order valence-electron chi connectivity index (χ0n) is 10.3. The topological polar surface area (TPSA) is 43.8 Å². The van der Waals surface area contributed by atoms with Crippen LogP contribution in [0.15, 0.2) is 12.5 Å². The molecular formula is C12H23N3. The SMILES string of the molecule is CC(C)C(C)(C)Cn1cncc1CCN. The fourth-order valence-electron chi connectivity index (χ4n) is 1.47. The molecule has 0 aromatic carbocycles. The van der Waals surface area contributed by atoms with Crippen molar-refractivity contribution in [1.29, 1.82) is 0 Å². The highest BCUT2D eigenvalue weighted by Crippen LogP contribution is 2.28. The smallest absolute Gasteiger partial charge is 0.0948 e. The van der Waals surface area contributed by atoms with E-state index in [1.807, 2.05) is 12.5 Å². The Kier molecular flexibility index (Phi) is 3.91. The minimum atomic E-state index is 0.296. The molecule has 0 saturated carbocycles. The van der Waals surface area contributed by atoms with Crippen molar-refractivity contribution in [2.45, 2.75) is 40.7 Å². The van der Waals surface area contributed by atoms with Crippen LogP contribution in [-0.4, -0.2) is 16.1 Å². The molecule has 86 valence electrons. The molecule has 0 unspecified atom stereocenters. The molecule has 0 spiro atoms. The molecule has 0 radical (unpaired) electrons. The van der Waals surface area contributed by atoms with Gasteiger partial charge in [0.15, 0.2) is 0 Å². The van der Waals surface area contributed by atoms with Gasteiger partial charge in [-0.05, 0) is 17.9 Å². The van der Waals surface area contributed by atoms with Crippen molar-refractivity contribution in [3.05, 3.63) is 18.2 Å². The van der Waals surface area contributed by atoms with Crippen molar-refractivity contribution in [3.8, 4) is 0 Å². The zero-order chi connectivity index (χ0) is 11.5. The minimum absolute atomic E-state index is 0.296. The summed E-state index contributed by atoms with van der Waals surface area (Å²) in [4.78, 5) is 4.19. The van der Waals surface area contributed by atoms with E-state index in [-0.39, 0.29) is 0 Å². The molecule has 1 aromatic heterocycles. The lowest BCUT2D eigenvalue weighted by Gasteiger charge is -2.30. The molecule has 0 atom stereocenters. The van der Waals surface area contributed by atoms with E-state index in [2.05, 4.69) is 37.2 Å². The van der Waals surface area contributed by atoms with Gasteiger partial charge < -0.3 is 10.3 Å². The summed E-state index contributed by atoms with van der Waals surface area (Å²) in [5.74, 6) is 0.658. The quantitative estimate of drug-likeness (QED) is 0.806. The van der Waals surface area contributed by atoms with E-state index in [1.165, 1.54) is 5.69 Å². The summed E-state index contributed by atoms with van der Waals surface area (Å²) in [6.45, 7) is 10.8. The van der Waals surface area contributed by atoms with Crippen molar-refractivity contribution in [1.82, 2.24) is 9.55 Å². The third-order valence-corrected chi connectivity index (χ3v) is 3.34.